The van der Waals surface area contributed by atoms with Crippen LogP contribution < -0.4 is 21.5 Å². The Morgan fingerprint density at radius 2 is 2.00 bits per heavy atom. The summed E-state index contributed by atoms with van der Waals surface area (Å²) in [5, 5.41) is 2.37. The summed E-state index contributed by atoms with van der Waals surface area (Å²) in [7, 11) is 0. The Balaban J connectivity index is 1.94. The fourth-order valence-corrected chi connectivity index (χ4v) is 2.32. The molecule has 1 aromatic heterocycles. The minimum absolute atomic E-state index is 0.163. The Labute approximate surface area is 133 Å². The van der Waals surface area contributed by atoms with Crippen LogP contribution in [0.25, 0.3) is 11.3 Å². The van der Waals surface area contributed by atoms with Crippen LogP contribution >= 0.6 is 0 Å². The van der Waals surface area contributed by atoms with Gasteiger partial charge in [-0.05, 0) is 37.0 Å². The molecule has 3 amide bonds. The molecule has 0 unspecified atom stereocenters. The van der Waals surface area contributed by atoms with Crippen LogP contribution in [0.2, 0.25) is 0 Å². The van der Waals surface area contributed by atoms with E-state index in [0.717, 1.165) is 5.56 Å². The molecule has 0 radical (unpaired) electrons. The van der Waals surface area contributed by atoms with Crippen molar-refractivity contribution in [3.8, 4) is 17.0 Å². The van der Waals surface area contributed by atoms with E-state index < -0.39 is 11.9 Å². The third kappa shape index (κ3) is 3.45. The number of carbonyl (C=O) groups is 2. The summed E-state index contributed by atoms with van der Waals surface area (Å²) in [6, 6.07) is 8.28. The number of ether oxygens (including phenoxy) is 1. The number of anilines is 1. The number of amides is 3. The first-order chi connectivity index (χ1) is 11.0. The van der Waals surface area contributed by atoms with Crippen molar-refractivity contribution in [2.45, 2.75) is 12.8 Å². The number of para-hydroxylation sites is 1. The van der Waals surface area contributed by atoms with Crippen LogP contribution in [0, 0.1) is 5.92 Å². The highest BCUT2D eigenvalue weighted by atomic mass is 16.5. The topological polar surface area (TPSA) is 123 Å². The van der Waals surface area contributed by atoms with E-state index in [1.54, 1.807) is 6.07 Å². The maximum Gasteiger partial charge on any atom is 0.317 e. The number of aromatic nitrogens is 1. The van der Waals surface area contributed by atoms with Crippen LogP contribution in [-0.2, 0) is 0 Å². The fraction of sp³-hybridized carbons (Fsp3) is 0.250. The van der Waals surface area contributed by atoms with E-state index in [1.807, 2.05) is 24.3 Å². The van der Waals surface area contributed by atoms with Crippen LogP contribution in [0.4, 0.5) is 10.6 Å². The van der Waals surface area contributed by atoms with Crippen LogP contribution in [0.5, 0.6) is 5.75 Å². The SMILES string of the molecule is NC(=O)Nc1[nH]c(-c2ccccc2OCC2CC2)cc1C(N)=O. The molecular weight excluding hydrogens is 296 g/mol. The van der Waals surface area contributed by atoms with Gasteiger partial charge >= 0.3 is 6.03 Å². The lowest BCUT2D eigenvalue weighted by atomic mass is 10.1. The van der Waals surface area contributed by atoms with Gasteiger partial charge in [0.25, 0.3) is 5.91 Å². The first kappa shape index (κ1) is 15.0. The summed E-state index contributed by atoms with van der Waals surface area (Å²) < 4.78 is 5.86. The van der Waals surface area contributed by atoms with Crippen molar-refractivity contribution < 1.29 is 14.3 Å². The molecule has 7 nitrogen and oxygen atoms in total. The molecule has 2 aromatic rings. The molecule has 1 fully saturated rings. The van der Waals surface area contributed by atoms with Gasteiger partial charge in [0.05, 0.1) is 17.9 Å². The number of carbonyl (C=O) groups excluding carboxylic acids is 2. The van der Waals surface area contributed by atoms with Crippen molar-refractivity contribution in [1.82, 2.24) is 4.98 Å². The second kappa shape index (κ2) is 6.04. The van der Waals surface area contributed by atoms with Gasteiger partial charge in [-0.25, -0.2) is 4.79 Å². The maximum absolute atomic E-state index is 11.5. The van der Waals surface area contributed by atoms with Crippen LogP contribution in [0.15, 0.2) is 30.3 Å². The summed E-state index contributed by atoms with van der Waals surface area (Å²) in [6.45, 7) is 0.673. The number of aromatic amines is 1. The monoisotopic (exact) mass is 314 g/mol. The van der Waals surface area contributed by atoms with E-state index in [1.165, 1.54) is 12.8 Å². The number of primary amides is 2. The van der Waals surface area contributed by atoms with Gasteiger partial charge < -0.3 is 21.2 Å². The minimum atomic E-state index is -0.779. The van der Waals surface area contributed by atoms with Crippen LogP contribution in [0.3, 0.4) is 0 Å². The molecule has 1 aliphatic carbocycles. The van der Waals surface area contributed by atoms with Crippen molar-refractivity contribution >= 4 is 17.8 Å². The molecule has 1 saturated carbocycles. The van der Waals surface area contributed by atoms with Crippen molar-refractivity contribution in [2.75, 3.05) is 11.9 Å². The standard InChI is InChI=1S/C16H18N4O3/c17-14(21)11-7-12(19-15(11)20-16(18)22)10-3-1-2-4-13(10)23-8-9-5-6-9/h1-4,7,9,19H,5-6,8H2,(H2,17,21)(H3,18,20,22). The van der Waals surface area contributed by atoms with E-state index in [0.29, 0.717) is 24.0 Å². The highest BCUT2D eigenvalue weighted by Crippen LogP contribution is 2.34. The number of hydrogen-bond donors (Lipinski definition) is 4. The third-order valence-electron chi connectivity index (χ3n) is 3.68. The van der Waals surface area contributed by atoms with E-state index in [9.17, 15) is 9.59 Å². The van der Waals surface area contributed by atoms with Crippen molar-refractivity contribution in [3.05, 3.63) is 35.9 Å². The van der Waals surface area contributed by atoms with Gasteiger partial charge in [-0.1, -0.05) is 12.1 Å². The zero-order valence-corrected chi connectivity index (χ0v) is 12.5. The Morgan fingerprint density at radius 1 is 1.26 bits per heavy atom. The highest BCUT2D eigenvalue weighted by molar-refractivity contribution is 6.03. The lowest BCUT2D eigenvalue weighted by molar-refractivity contribution is 0.100. The molecule has 6 N–H and O–H groups in total. The van der Waals surface area contributed by atoms with Gasteiger partial charge in [-0.2, -0.15) is 0 Å². The lowest BCUT2D eigenvalue weighted by Gasteiger charge is -2.10. The molecule has 1 aliphatic rings. The first-order valence-corrected chi connectivity index (χ1v) is 7.36. The largest absolute Gasteiger partial charge is 0.493 e. The number of H-pyrrole nitrogens is 1. The van der Waals surface area contributed by atoms with Gasteiger partial charge in [-0.15, -0.1) is 0 Å². The Morgan fingerprint density at radius 3 is 2.65 bits per heavy atom. The quantitative estimate of drug-likeness (QED) is 0.652. The summed E-state index contributed by atoms with van der Waals surface area (Å²) >= 11 is 0. The van der Waals surface area contributed by atoms with Gasteiger partial charge in [0, 0.05) is 5.56 Å². The number of benzene rings is 1. The Bertz CT molecular complexity index is 750. The van der Waals surface area contributed by atoms with Gasteiger partial charge in [-0.3, -0.25) is 10.1 Å². The second-order valence-electron chi connectivity index (χ2n) is 5.58. The van der Waals surface area contributed by atoms with E-state index in [-0.39, 0.29) is 11.4 Å². The summed E-state index contributed by atoms with van der Waals surface area (Å²) in [5.41, 5.74) is 12.0. The van der Waals surface area contributed by atoms with Crippen LogP contribution in [-0.4, -0.2) is 23.5 Å². The molecule has 1 aromatic carbocycles. The molecule has 0 atom stereocenters. The highest BCUT2D eigenvalue weighted by Gasteiger charge is 2.23. The van der Waals surface area contributed by atoms with Crippen molar-refractivity contribution in [1.29, 1.82) is 0 Å². The lowest BCUT2D eigenvalue weighted by Crippen LogP contribution is -2.22. The zero-order chi connectivity index (χ0) is 16.4. The first-order valence-electron chi connectivity index (χ1n) is 7.36. The third-order valence-corrected chi connectivity index (χ3v) is 3.68. The maximum atomic E-state index is 11.5. The van der Waals surface area contributed by atoms with Crippen LogP contribution in [0.1, 0.15) is 23.2 Å². The number of hydrogen-bond acceptors (Lipinski definition) is 3. The number of rotatable bonds is 6. The number of urea groups is 1. The van der Waals surface area contributed by atoms with E-state index in [4.69, 9.17) is 16.2 Å². The minimum Gasteiger partial charge on any atom is -0.493 e. The van der Waals surface area contributed by atoms with Crippen molar-refractivity contribution in [2.24, 2.45) is 17.4 Å². The predicted octanol–water partition coefficient (Wildman–Crippen LogP) is 2.06. The molecule has 0 aliphatic heterocycles. The number of nitrogens with one attached hydrogen (secondary N) is 2. The molecule has 0 spiro atoms. The average Bonchev–Trinajstić information content (AvgIpc) is 3.24. The smallest absolute Gasteiger partial charge is 0.317 e. The van der Waals surface area contributed by atoms with E-state index >= 15 is 0 Å². The molecule has 23 heavy (non-hydrogen) atoms. The average molecular weight is 314 g/mol. The fourth-order valence-electron chi connectivity index (χ4n) is 2.32. The van der Waals surface area contributed by atoms with Gasteiger partial charge in [0.1, 0.15) is 11.6 Å². The van der Waals surface area contributed by atoms with Gasteiger partial charge in [0.15, 0.2) is 0 Å². The summed E-state index contributed by atoms with van der Waals surface area (Å²) in [5.74, 6) is 0.854. The summed E-state index contributed by atoms with van der Waals surface area (Å²) in [4.78, 5) is 25.6. The molecule has 1 heterocycles. The Hall–Kier alpha value is -2.96. The van der Waals surface area contributed by atoms with Gasteiger partial charge in [0.2, 0.25) is 0 Å². The number of nitrogens with two attached hydrogens (primary N) is 2. The second-order valence-corrected chi connectivity index (χ2v) is 5.58. The normalized spacial score (nSPS) is 13.6. The molecule has 0 bridgehead atoms. The molecule has 3 rings (SSSR count). The summed E-state index contributed by atoms with van der Waals surface area (Å²) in [6.07, 6.45) is 2.40. The Kier molecular flexibility index (Phi) is 3.92. The predicted molar refractivity (Wildman–Crippen MR) is 86.2 cm³/mol. The van der Waals surface area contributed by atoms with Crippen molar-refractivity contribution in [3.63, 3.8) is 0 Å². The molecular formula is C16H18N4O3. The molecule has 7 heteroatoms. The van der Waals surface area contributed by atoms with E-state index in [2.05, 4.69) is 10.3 Å². The zero-order valence-electron chi connectivity index (χ0n) is 12.5. The molecule has 120 valence electrons. The molecule has 0 saturated heterocycles.